The van der Waals surface area contributed by atoms with Gasteiger partial charge in [-0.05, 0) is 12.8 Å². The summed E-state index contributed by atoms with van der Waals surface area (Å²) in [4.78, 5) is 0. The minimum absolute atomic E-state index is 0.0272. The highest BCUT2D eigenvalue weighted by molar-refractivity contribution is 6.16. The Balaban J connectivity index is 2.26. The van der Waals surface area contributed by atoms with Gasteiger partial charge in [0.2, 0.25) is 0 Å². The summed E-state index contributed by atoms with van der Waals surface area (Å²) in [7, 11) is 0. The van der Waals surface area contributed by atoms with Crippen LogP contribution in [0.4, 0.5) is 13.2 Å². The largest absolute Gasteiger partial charge is 0.396 e. The van der Waals surface area contributed by atoms with Crippen molar-refractivity contribution in [2.75, 3.05) is 0 Å². The molecule has 0 radical (unpaired) electrons. The lowest BCUT2D eigenvalue weighted by Crippen LogP contribution is -2.16. The minimum Gasteiger partial charge on any atom is -0.311 e. The maximum atomic E-state index is 12.2. The fourth-order valence-electron chi connectivity index (χ4n) is 1.51. The first-order valence-electron chi connectivity index (χ1n) is 4.56. The second kappa shape index (κ2) is 3.66. The first-order chi connectivity index (χ1) is 7.01. The summed E-state index contributed by atoms with van der Waals surface area (Å²) >= 11 is 5.58. The average Bonchev–Trinajstić information content (AvgIpc) is 2.87. The van der Waals surface area contributed by atoms with Gasteiger partial charge < -0.3 is 4.57 Å². The second-order valence-electron chi connectivity index (χ2n) is 3.56. The molecule has 15 heavy (non-hydrogen) atoms. The molecule has 0 unspecified atom stereocenters. The van der Waals surface area contributed by atoms with Crippen molar-refractivity contribution >= 4 is 11.6 Å². The van der Waals surface area contributed by atoms with E-state index in [-0.39, 0.29) is 17.7 Å². The van der Waals surface area contributed by atoms with E-state index in [1.807, 2.05) is 0 Å². The summed E-state index contributed by atoms with van der Waals surface area (Å²) in [5.74, 6) is 0.500. The number of halogens is 4. The van der Waals surface area contributed by atoms with Crippen LogP contribution in [0.2, 0.25) is 0 Å². The van der Waals surface area contributed by atoms with E-state index >= 15 is 0 Å². The lowest BCUT2D eigenvalue weighted by molar-refractivity contribution is -0.129. The minimum atomic E-state index is -4.25. The molecule has 1 saturated carbocycles. The number of hydrogen-bond donors (Lipinski definition) is 0. The Labute approximate surface area is 89.2 Å². The van der Waals surface area contributed by atoms with Crippen LogP contribution < -0.4 is 0 Å². The highest BCUT2D eigenvalue weighted by Gasteiger charge is 2.35. The third-order valence-corrected chi connectivity index (χ3v) is 2.47. The standard InChI is InChI=1S/C8H9ClF3N3/c9-4-7-14-13-6(3-8(10,11)12)15(7)5-1-2-5/h5H,1-4H2. The van der Waals surface area contributed by atoms with Gasteiger partial charge in [-0.2, -0.15) is 13.2 Å². The molecule has 0 N–H and O–H groups in total. The van der Waals surface area contributed by atoms with Gasteiger partial charge in [-0.1, -0.05) is 0 Å². The molecule has 84 valence electrons. The van der Waals surface area contributed by atoms with Gasteiger partial charge >= 0.3 is 6.18 Å². The van der Waals surface area contributed by atoms with Gasteiger partial charge in [0.1, 0.15) is 18.1 Å². The molecule has 1 aliphatic carbocycles. The van der Waals surface area contributed by atoms with Crippen molar-refractivity contribution in [3.05, 3.63) is 11.6 Å². The highest BCUT2D eigenvalue weighted by Crippen LogP contribution is 2.37. The molecule has 1 aromatic rings. The molecule has 1 fully saturated rings. The van der Waals surface area contributed by atoms with Gasteiger partial charge in [0.25, 0.3) is 0 Å². The van der Waals surface area contributed by atoms with Crippen molar-refractivity contribution in [2.45, 2.75) is 37.4 Å². The number of hydrogen-bond acceptors (Lipinski definition) is 2. The normalized spacial score (nSPS) is 17.1. The quantitative estimate of drug-likeness (QED) is 0.759. The molecule has 0 amide bonds. The predicted molar refractivity (Wildman–Crippen MR) is 47.6 cm³/mol. The second-order valence-corrected chi connectivity index (χ2v) is 3.83. The fraction of sp³-hybridized carbons (Fsp3) is 0.750. The maximum Gasteiger partial charge on any atom is 0.396 e. The average molecular weight is 240 g/mol. The zero-order chi connectivity index (χ0) is 11.1. The summed E-state index contributed by atoms with van der Waals surface area (Å²) in [5.41, 5.74) is 0. The molecule has 0 spiro atoms. The van der Waals surface area contributed by atoms with Gasteiger partial charge in [0.05, 0.1) is 5.88 Å². The molecule has 0 aliphatic heterocycles. The van der Waals surface area contributed by atoms with E-state index in [1.54, 1.807) is 0 Å². The van der Waals surface area contributed by atoms with Gasteiger partial charge in [-0.25, -0.2) is 0 Å². The zero-order valence-corrected chi connectivity index (χ0v) is 8.52. The van der Waals surface area contributed by atoms with E-state index in [0.29, 0.717) is 5.82 Å². The fourth-order valence-corrected chi connectivity index (χ4v) is 1.69. The van der Waals surface area contributed by atoms with Crippen molar-refractivity contribution in [1.82, 2.24) is 14.8 Å². The van der Waals surface area contributed by atoms with E-state index in [9.17, 15) is 13.2 Å². The molecule has 3 nitrogen and oxygen atoms in total. The van der Waals surface area contributed by atoms with Crippen molar-refractivity contribution in [3.8, 4) is 0 Å². The van der Waals surface area contributed by atoms with E-state index in [4.69, 9.17) is 11.6 Å². The highest BCUT2D eigenvalue weighted by atomic mass is 35.5. The lowest BCUT2D eigenvalue weighted by atomic mass is 10.4. The predicted octanol–water partition coefficient (Wildman–Crippen LogP) is 2.46. The Morgan fingerprint density at radius 3 is 2.33 bits per heavy atom. The topological polar surface area (TPSA) is 30.7 Å². The first-order valence-corrected chi connectivity index (χ1v) is 5.10. The smallest absolute Gasteiger partial charge is 0.311 e. The summed E-state index contributed by atoms with van der Waals surface area (Å²) < 4.78 is 38.1. The molecule has 1 heterocycles. The first kappa shape index (κ1) is 10.7. The van der Waals surface area contributed by atoms with Crippen LogP contribution in [-0.2, 0) is 12.3 Å². The van der Waals surface area contributed by atoms with Gasteiger partial charge in [0, 0.05) is 6.04 Å². The summed E-state index contributed by atoms with van der Waals surface area (Å²) in [6.45, 7) is 0. The Morgan fingerprint density at radius 1 is 1.27 bits per heavy atom. The molecular weight excluding hydrogens is 231 g/mol. The van der Waals surface area contributed by atoms with E-state index < -0.39 is 12.6 Å². The Hall–Kier alpha value is -0.780. The summed E-state index contributed by atoms with van der Waals surface area (Å²) in [5, 5.41) is 7.20. The molecule has 1 aliphatic rings. The van der Waals surface area contributed by atoms with Crippen LogP contribution in [0.1, 0.15) is 30.5 Å². The summed E-state index contributed by atoms with van der Waals surface area (Å²) in [6, 6.07) is 0.117. The number of alkyl halides is 4. The molecule has 0 saturated heterocycles. The van der Waals surface area contributed by atoms with Crippen LogP contribution in [-0.4, -0.2) is 20.9 Å². The maximum absolute atomic E-state index is 12.2. The van der Waals surface area contributed by atoms with E-state index in [2.05, 4.69) is 10.2 Å². The van der Waals surface area contributed by atoms with Crippen LogP contribution in [0.5, 0.6) is 0 Å². The van der Waals surface area contributed by atoms with Crippen LogP contribution in [0, 0.1) is 0 Å². The number of rotatable bonds is 3. The summed E-state index contributed by atoms with van der Waals surface area (Å²) in [6.07, 6.45) is -3.52. The van der Waals surface area contributed by atoms with Crippen LogP contribution in [0.25, 0.3) is 0 Å². The zero-order valence-electron chi connectivity index (χ0n) is 7.76. The van der Waals surface area contributed by atoms with Crippen molar-refractivity contribution in [1.29, 1.82) is 0 Å². The van der Waals surface area contributed by atoms with Gasteiger partial charge in [-0.15, -0.1) is 21.8 Å². The molecule has 0 atom stereocenters. The van der Waals surface area contributed by atoms with Crippen LogP contribution in [0.3, 0.4) is 0 Å². The van der Waals surface area contributed by atoms with Gasteiger partial charge in [-0.3, -0.25) is 0 Å². The third-order valence-electron chi connectivity index (χ3n) is 2.23. The number of aromatic nitrogens is 3. The van der Waals surface area contributed by atoms with Crippen molar-refractivity contribution in [2.24, 2.45) is 0 Å². The molecule has 2 rings (SSSR count). The van der Waals surface area contributed by atoms with E-state index in [1.165, 1.54) is 4.57 Å². The SMILES string of the molecule is FC(F)(F)Cc1nnc(CCl)n1C1CC1. The molecular formula is C8H9ClF3N3. The van der Waals surface area contributed by atoms with Crippen molar-refractivity contribution < 1.29 is 13.2 Å². The third kappa shape index (κ3) is 2.42. The molecule has 7 heteroatoms. The van der Waals surface area contributed by atoms with Crippen LogP contribution >= 0.6 is 11.6 Å². The molecule has 0 bridgehead atoms. The van der Waals surface area contributed by atoms with Crippen molar-refractivity contribution in [3.63, 3.8) is 0 Å². The molecule has 0 aromatic carbocycles. The number of nitrogens with zero attached hydrogens (tertiary/aromatic N) is 3. The Kier molecular flexibility index (Phi) is 2.62. The van der Waals surface area contributed by atoms with E-state index in [0.717, 1.165) is 12.8 Å². The van der Waals surface area contributed by atoms with Crippen LogP contribution in [0.15, 0.2) is 0 Å². The molecule has 1 aromatic heterocycles. The Bertz CT molecular complexity index is 357. The lowest BCUT2D eigenvalue weighted by Gasteiger charge is -2.09. The monoisotopic (exact) mass is 239 g/mol. The van der Waals surface area contributed by atoms with Gasteiger partial charge in [0.15, 0.2) is 0 Å². The Morgan fingerprint density at radius 2 is 1.87 bits per heavy atom.